The Kier molecular flexibility index (Phi) is 5.61. The lowest BCUT2D eigenvalue weighted by Crippen LogP contribution is -2.36. The molecule has 0 amide bonds. The van der Waals surface area contributed by atoms with E-state index in [2.05, 4.69) is 67.2 Å². The van der Waals surface area contributed by atoms with Gasteiger partial charge in [0.2, 0.25) is 0 Å². The maximum atomic E-state index is 4.14. The van der Waals surface area contributed by atoms with Gasteiger partial charge in [0, 0.05) is 20.1 Å². The van der Waals surface area contributed by atoms with Crippen LogP contribution in [0.5, 0.6) is 0 Å². The summed E-state index contributed by atoms with van der Waals surface area (Å²) in [6.45, 7) is 11.8. The van der Waals surface area contributed by atoms with Crippen LogP contribution in [-0.2, 0) is 12.0 Å². The van der Waals surface area contributed by atoms with Crippen molar-refractivity contribution in [1.82, 2.24) is 10.6 Å². The van der Waals surface area contributed by atoms with Gasteiger partial charge in [-0.3, -0.25) is 4.99 Å². The number of rotatable bonds is 4. The number of nitrogens with one attached hydrogen (secondary N) is 2. The van der Waals surface area contributed by atoms with E-state index in [1.54, 1.807) is 7.05 Å². The van der Waals surface area contributed by atoms with Gasteiger partial charge in [-0.15, -0.1) is 6.58 Å². The normalized spacial score (nSPS) is 12.1. The predicted octanol–water partition coefficient (Wildman–Crippen LogP) is 2.84. The first kappa shape index (κ1) is 15.3. The van der Waals surface area contributed by atoms with Crippen LogP contribution >= 0.6 is 0 Å². The molecule has 0 atom stereocenters. The third kappa shape index (κ3) is 5.16. The first-order chi connectivity index (χ1) is 8.97. The van der Waals surface area contributed by atoms with Crippen molar-refractivity contribution in [2.75, 3.05) is 13.6 Å². The Bertz CT molecular complexity index is 424. The molecule has 0 fully saturated rings. The molecular formula is C16H25N3. The van der Waals surface area contributed by atoms with Crippen LogP contribution in [0.25, 0.3) is 0 Å². The minimum Gasteiger partial charge on any atom is -0.353 e. The lowest BCUT2D eigenvalue weighted by atomic mass is 9.87. The Morgan fingerprint density at radius 2 is 1.84 bits per heavy atom. The molecule has 0 bridgehead atoms. The van der Waals surface area contributed by atoms with E-state index in [0.29, 0.717) is 6.54 Å². The van der Waals surface area contributed by atoms with Crippen molar-refractivity contribution in [2.24, 2.45) is 4.99 Å². The smallest absolute Gasteiger partial charge is 0.191 e. The van der Waals surface area contributed by atoms with E-state index >= 15 is 0 Å². The van der Waals surface area contributed by atoms with Gasteiger partial charge in [0.15, 0.2) is 5.96 Å². The second-order valence-electron chi connectivity index (χ2n) is 5.54. The van der Waals surface area contributed by atoms with Crippen LogP contribution in [0.15, 0.2) is 41.9 Å². The van der Waals surface area contributed by atoms with Crippen molar-refractivity contribution in [3.63, 3.8) is 0 Å². The zero-order valence-electron chi connectivity index (χ0n) is 12.5. The molecular weight excluding hydrogens is 234 g/mol. The average Bonchev–Trinajstić information content (AvgIpc) is 2.38. The van der Waals surface area contributed by atoms with Gasteiger partial charge in [0.05, 0.1) is 0 Å². The van der Waals surface area contributed by atoms with Crippen LogP contribution in [0.4, 0.5) is 0 Å². The molecule has 0 saturated heterocycles. The Hall–Kier alpha value is -1.77. The summed E-state index contributed by atoms with van der Waals surface area (Å²) in [5.41, 5.74) is 2.80. The largest absolute Gasteiger partial charge is 0.353 e. The summed E-state index contributed by atoms with van der Waals surface area (Å²) in [6.07, 6.45) is 1.81. The maximum absolute atomic E-state index is 4.14. The summed E-state index contributed by atoms with van der Waals surface area (Å²) < 4.78 is 0. The molecule has 3 heteroatoms. The van der Waals surface area contributed by atoms with Gasteiger partial charge >= 0.3 is 0 Å². The SMILES string of the molecule is C=CCNC(=NC)NCc1ccc(C(C)(C)C)cc1. The van der Waals surface area contributed by atoms with E-state index in [1.165, 1.54) is 11.1 Å². The molecule has 0 spiro atoms. The summed E-state index contributed by atoms with van der Waals surface area (Å²) in [7, 11) is 1.77. The first-order valence-electron chi connectivity index (χ1n) is 6.62. The molecule has 19 heavy (non-hydrogen) atoms. The van der Waals surface area contributed by atoms with Crippen LogP contribution in [0.2, 0.25) is 0 Å². The van der Waals surface area contributed by atoms with Gasteiger partial charge < -0.3 is 10.6 Å². The summed E-state index contributed by atoms with van der Waals surface area (Å²) in [5.74, 6) is 0.791. The quantitative estimate of drug-likeness (QED) is 0.495. The van der Waals surface area contributed by atoms with Crippen LogP contribution in [0.1, 0.15) is 31.9 Å². The number of aliphatic imine (C=N–C) groups is 1. The number of hydrogen-bond acceptors (Lipinski definition) is 1. The summed E-state index contributed by atoms with van der Waals surface area (Å²) in [6, 6.07) is 8.70. The standard InChI is InChI=1S/C16H25N3/c1-6-11-18-15(17-5)19-12-13-7-9-14(10-8-13)16(2,3)4/h6-10H,1,11-12H2,2-5H3,(H2,17,18,19). The van der Waals surface area contributed by atoms with Gasteiger partial charge in [0.25, 0.3) is 0 Å². The van der Waals surface area contributed by atoms with Crippen LogP contribution in [0, 0.1) is 0 Å². The molecule has 0 saturated carbocycles. The zero-order valence-corrected chi connectivity index (χ0v) is 12.5. The topological polar surface area (TPSA) is 36.4 Å². The second-order valence-corrected chi connectivity index (χ2v) is 5.54. The van der Waals surface area contributed by atoms with Crippen LogP contribution in [0.3, 0.4) is 0 Å². The number of hydrogen-bond donors (Lipinski definition) is 2. The second kappa shape index (κ2) is 6.98. The van der Waals surface area contributed by atoms with E-state index in [0.717, 1.165) is 12.5 Å². The lowest BCUT2D eigenvalue weighted by molar-refractivity contribution is 0.590. The van der Waals surface area contributed by atoms with Crippen molar-refractivity contribution in [2.45, 2.75) is 32.7 Å². The van der Waals surface area contributed by atoms with Crippen molar-refractivity contribution in [3.8, 4) is 0 Å². The fourth-order valence-corrected chi connectivity index (χ4v) is 1.70. The third-order valence-electron chi connectivity index (χ3n) is 2.92. The highest BCUT2D eigenvalue weighted by Gasteiger charge is 2.12. The van der Waals surface area contributed by atoms with E-state index < -0.39 is 0 Å². The fraction of sp³-hybridized carbons (Fsp3) is 0.438. The molecule has 1 rings (SSSR count). The Balaban J connectivity index is 2.56. The highest BCUT2D eigenvalue weighted by Crippen LogP contribution is 2.22. The van der Waals surface area contributed by atoms with Crippen molar-refractivity contribution < 1.29 is 0 Å². The summed E-state index contributed by atoms with van der Waals surface area (Å²) in [5, 5.41) is 6.42. The van der Waals surface area contributed by atoms with Gasteiger partial charge in [-0.1, -0.05) is 51.1 Å². The van der Waals surface area contributed by atoms with Gasteiger partial charge in [-0.2, -0.15) is 0 Å². The highest BCUT2D eigenvalue weighted by molar-refractivity contribution is 5.79. The highest BCUT2D eigenvalue weighted by atomic mass is 15.2. The Morgan fingerprint density at radius 3 is 2.32 bits per heavy atom. The number of benzene rings is 1. The summed E-state index contributed by atoms with van der Waals surface area (Å²) >= 11 is 0. The molecule has 0 aliphatic rings. The molecule has 1 aromatic carbocycles. The van der Waals surface area contributed by atoms with Gasteiger partial charge in [-0.05, 0) is 16.5 Å². The van der Waals surface area contributed by atoms with E-state index in [1.807, 2.05) is 6.08 Å². The molecule has 2 N–H and O–H groups in total. The number of guanidine groups is 1. The first-order valence-corrected chi connectivity index (χ1v) is 6.62. The van der Waals surface area contributed by atoms with E-state index in [-0.39, 0.29) is 5.41 Å². The lowest BCUT2D eigenvalue weighted by Gasteiger charge is -2.19. The minimum absolute atomic E-state index is 0.202. The zero-order chi connectivity index (χ0) is 14.3. The predicted molar refractivity (Wildman–Crippen MR) is 83.5 cm³/mol. The van der Waals surface area contributed by atoms with Crippen molar-refractivity contribution in [3.05, 3.63) is 48.0 Å². The maximum Gasteiger partial charge on any atom is 0.191 e. The number of nitrogens with zero attached hydrogens (tertiary/aromatic N) is 1. The molecule has 0 aliphatic carbocycles. The summed E-state index contributed by atoms with van der Waals surface area (Å²) in [4.78, 5) is 4.14. The van der Waals surface area contributed by atoms with Gasteiger partial charge in [-0.25, -0.2) is 0 Å². The van der Waals surface area contributed by atoms with Crippen molar-refractivity contribution >= 4 is 5.96 Å². The monoisotopic (exact) mass is 259 g/mol. The van der Waals surface area contributed by atoms with Crippen LogP contribution < -0.4 is 10.6 Å². The minimum atomic E-state index is 0.202. The molecule has 0 radical (unpaired) electrons. The molecule has 1 aromatic rings. The molecule has 104 valence electrons. The Morgan fingerprint density at radius 1 is 1.21 bits per heavy atom. The van der Waals surface area contributed by atoms with E-state index in [4.69, 9.17) is 0 Å². The molecule has 3 nitrogen and oxygen atoms in total. The third-order valence-corrected chi connectivity index (χ3v) is 2.92. The molecule has 0 aliphatic heterocycles. The molecule has 0 heterocycles. The van der Waals surface area contributed by atoms with Crippen LogP contribution in [-0.4, -0.2) is 19.6 Å². The van der Waals surface area contributed by atoms with E-state index in [9.17, 15) is 0 Å². The molecule has 0 aromatic heterocycles. The average molecular weight is 259 g/mol. The van der Waals surface area contributed by atoms with Gasteiger partial charge in [0.1, 0.15) is 0 Å². The Labute approximate surface area is 116 Å². The van der Waals surface area contributed by atoms with Crippen molar-refractivity contribution in [1.29, 1.82) is 0 Å². The molecule has 0 unspecified atom stereocenters. The fourth-order valence-electron chi connectivity index (χ4n) is 1.70.